The van der Waals surface area contributed by atoms with E-state index in [1.54, 1.807) is 0 Å². The van der Waals surface area contributed by atoms with E-state index >= 15 is 0 Å². The monoisotopic (exact) mass is 238 g/mol. The molecule has 0 aromatic carbocycles. The van der Waals surface area contributed by atoms with Crippen LogP contribution in [-0.2, 0) is 4.65 Å². The topological polar surface area (TPSA) is 9.23 Å². The SMILES string of the molecule is [B]OC(CCCCC)CCCCCCCCC. The van der Waals surface area contributed by atoms with Crippen molar-refractivity contribution < 1.29 is 4.65 Å². The Kier molecular flexibility index (Phi) is 14.1. The van der Waals surface area contributed by atoms with Gasteiger partial charge in [-0.1, -0.05) is 78.1 Å². The highest BCUT2D eigenvalue weighted by atomic mass is 16.4. The lowest BCUT2D eigenvalue weighted by Crippen LogP contribution is -2.11. The minimum atomic E-state index is 0.303. The van der Waals surface area contributed by atoms with Gasteiger partial charge in [0.2, 0.25) is 0 Å². The van der Waals surface area contributed by atoms with Gasteiger partial charge >= 0.3 is 0 Å². The summed E-state index contributed by atoms with van der Waals surface area (Å²) in [6, 6.07) is 0. The van der Waals surface area contributed by atoms with Crippen LogP contribution in [0, 0.1) is 0 Å². The maximum Gasteiger partial charge on any atom is 0.283 e. The minimum absolute atomic E-state index is 0.303. The number of unbranched alkanes of at least 4 members (excludes halogenated alkanes) is 8. The zero-order valence-corrected chi connectivity index (χ0v) is 12.0. The summed E-state index contributed by atoms with van der Waals surface area (Å²) in [5, 5.41) is 0. The fourth-order valence-electron chi connectivity index (χ4n) is 2.23. The molecule has 0 saturated heterocycles. The summed E-state index contributed by atoms with van der Waals surface area (Å²) in [6.07, 6.45) is 16.0. The second-order valence-electron chi connectivity index (χ2n) is 5.16. The maximum atomic E-state index is 5.34. The summed E-state index contributed by atoms with van der Waals surface area (Å²) in [5.74, 6) is 0. The van der Waals surface area contributed by atoms with Crippen LogP contribution < -0.4 is 0 Å². The molecule has 0 aromatic rings. The molecule has 0 bridgehead atoms. The molecular formula is C15H31BO. The summed E-state index contributed by atoms with van der Waals surface area (Å²) >= 11 is 0. The predicted octanol–water partition coefficient (Wildman–Crippen LogP) is 5.18. The Balaban J connectivity index is 3.25. The lowest BCUT2D eigenvalue weighted by atomic mass is 10.0. The van der Waals surface area contributed by atoms with Crippen LogP contribution in [0.2, 0.25) is 0 Å². The number of hydrogen-bond donors (Lipinski definition) is 0. The first-order valence-corrected chi connectivity index (χ1v) is 7.70. The quantitative estimate of drug-likeness (QED) is 0.317. The molecule has 100 valence electrons. The van der Waals surface area contributed by atoms with Crippen molar-refractivity contribution in [3.8, 4) is 0 Å². The van der Waals surface area contributed by atoms with Gasteiger partial charge in [0.1, 0.15) is 0 Å². The van der Waals surface area contributed by atoms with Crippen LogP contribution in [-0.4, -0.2) is 14.2 Å². The van der Waals surface area contributed by atoms with Crippen LogP contribution in [0.3, 0.4) is 0 Å². The highest BCUT2D eigenvalue weighted by Crippen LogP contribution is 2.14. The molecule has 0 saturated carbocycles. The normalized spacial score (nSPS) is 12.8. The zero-order valence-electron chi connectivity index (χ0n) is 12.0. The lowest BCUT2D eigenvalue weighted by molar-refractivity contribution is 0.189. The van der Waals surface area contributed by atoms with Gasteiger partial charge in [-0.2, -0.15) is 0 Å². The second kappa shape index (κ2) is 14.1. The average molecular weight is 238 g/mol. The third kappa shape index (κ3) is 12.3. The van der Waals surface area contributed by atoms with Crippen LogP contribution >= 0.6 is 0 Å². The molecule has 1 atom stereocenters. The molecule has 0 rings (SSSR count). The van der Waals surface area contributed by atoms with E-state index < -0.39 is 0 Å². The highest BCUT2D eigenvalue weighted by molar-refractivity contribution is 5.98. The third-order valence-electron chi connectivity index (χ3n) is 3.45. The predicted molar refractivity (Wildman–Crippen MR) is 77.4 cm³/mol. The Morgan fingerprint density at radius 3 is 1.65 bits per heavy atom. The van der Waals surface area contributed by atoms with Gasteiger partial charge in [0, 0.05) is 6.10 Å². The van der Waals surface area contributed by atoms with Gasteiger partial charge in [-0.15, -0.1) is 0 Å². The number of rotatable bonds is 13. The first kappa shape index (κ1) is 17.0. The van der Waals surface area contributed by atoms with E-state index in [9.17, 15) is 0 Å². The van der Waals surface area contributed by atoms with E-state index in [0.29, 0.717) is 6.10 Å². The van der Waals surface area contributed by atoms with Crippen LogP contribution in [0.4, 0.5) is 0 Å². The molecule has 0 heterocycles. The van der Waals surface area contributed by atoms with Crippen molar-refractivity contribution in [1.82, 2.24) is 0 Å². The Morgan fingerprint density at radius 2 is 1.12 bits per heavy atom. The van der Waals surface area contributed by atoms with Crippen molar-refractivity contribution in [1.29, 1.82) is 0 Å². The van der Waals surface area contributed by atoms with E-state index in [1.165, 1.54) is 64.2 Å². The van der Waals surface area contributed by atoms with Crippen LogP contribution in [0.1, 0.15) is 90.9 Å². The smallest absolute Gasteiger partial charge is 0.283 e. The van der Waals surface area contributed by atoms with Crippen molar-refractivity contribution in [2.45, 2.75) is 97.0 Å². The van der Waals surface area contributed by atoms with Crippen LogP contribution in [0.15, 0.2) is 0 Å². The van der Waals surface area contributed by atoms with Gasteiger partial charge in [0.15, 0.2) is 0 Å². The molecule has 0 spiro atoms. The Morgan fingerprint density at radius 1 is 0.706 bits per heavy atom. The third-order valence-corrected chi connectivity index (χ3v) is 3.45. The van der Waals surface area contributed by atoms with E-state index in [4.69, 9.17) is 12.7 Å². The second-order valence-corrected chi connectivity index (χ2v) is 5.16. The van der Waals surface area contributed by atoms with Gasteiger partial charge in [-0.05, 0) is 12.8 Å². The zero-order chi connectivity index (χ0) is 12.8. The molecule has 1 unspecified atom stereocenters. The van der Waals surface area contributed by atoms with E-state index in [1.807, 2.05) is 0 Å². The molecule has 0 aliphatic rings. The van der Waals surface area contributed by atoms with Crippen molar-refractivity contribution in [3.05, 3.63) is 0 Å². The first-order valence-electron chi connectivity index (χ1n) is 7.70. The average Bonchev–Trinajstić information content (AvgIpc) is 2.35. The summed E-state index contributed by atoms with van der Waals surface area (Å²) < 4.78 is 5.04. The van der Waals surface area contributed by atoms with Crippen LogP contribution in [0.25, 0.3) is 0 Å². The Hall–Kier alpha value is 0.0249. The molecule has 2 radical (unpaired) electrons. The largest absolute Gasteiger partial charge is 0.445 e. The first-order chi connectivity index (χ1) is 8.35. The highest BCUT2D eigenvalue weighted by Gasteiger charge is 2.05. The molecule has 1 nitrogen and oxygen atoms in total. The van der Waals surface area contributed by atoms with Crippen molar-refractivity contribution in [2.75, 3.05) is 0 Å². The van der Waals surface area contributed by atoms with Crippen molar-refractivity contribution in [3.63, 3.8) is 0 Å². The molecule has 0 fully saturated rings. The molecular weight excluding hydrogens is 207 g/mol. The lowest BCUT2D eigenvalue weighted by Gasteiger charge is -2.15. The molecule has 0 aromatic heterocycles. The summed E-state index contributed by atoms with van der Waals surface area (Å²) in [7, 11) is 5.34. The standard InChI is InChI=1S/C15H31BO/c1-3-5-7-8-9-10-12-14-15(17-16)13-11-6-4-2/h15H,3-14H2,1-2H3. The van der Waals surface area contributed by atoms with Gasteiger partial charge < -0.3 is 4.65 Å². The van der Waals surface area contributed by atoms with Gasteiger partial charge in [-0.3, -0.25) is 0 Å². The Bertz CT molecular complexity index is 139. The fraction of sp³-hybridized carbons (Fsp3) is 1.00. The van der Waals surface area contributed by atoms with Gasteiger partial charge in [-0.25, -0.2) is 0 Å². The van der Waals surface area contributed by atoms with Crippen LogP contribution in [0.5, 0.6) is 0 Å². The summed E-state index contributed by atoms with van der Waals surface area (Å²) in [6.45, 7) is 4.49. The summed E-state index contributed by atoms with van der Waals surface area (Å²) in [4.78, 5) is 0. The minimum Gasteiger partial charge on any atom is -0.445 e. The van der Waals surface area contributed by atoms with E-state index in [2.05, 4.69) is 13.8 Å². The van der Waals surface area contributed by atoms with Crippen molar-refractivity contribution >= 4 is 8.05 Å². The van der Waals surface area contributed by atoms with Gasteiger partial charge in [0.25, 0.3) is 8.05 Å². The van der Waals surface area contributed by atoms with Crippen molar-refractivity contribution in [2.24, 2.45) is 0 Å². The Labute approximate surface area is 110 Å². The van der Waals surface area contributed by atoms with E-state index in [-0.39, 0.29) is 0 Å². The molecule has 0 N–H and O–H groups in total. The maximum absolute atomic E-state index is 5.34. The molecule has 0 aliphatic carbocycles. The molecule has 0 amide bonds. The van der Waals surface area contributed by atoms with E-state index in [0.717, 1.165) is 12.8 Å². The molecule has 17 heavy (non-hydrogen) atoms. The molecule has 2 heteroatoms. The number of hydrogen-bond acceptors (Lipinski definition) is 1. The fourth-order valence-corrected chi connectivity index (χ4v) is 2.23. The summed E-state index contributed by atoms with van der Waals surface area (Å²) in [5.41, 5.74) is 0. The molecule has 0 aliphatic heterocycles. The van der Waals surface area contributed by atoms with Gasteiger partial charge in [0.05, 0.1) is 0 Å².